The number of carbonyl (C=O) groups is 1. The third kappa shape index (κ3) is 5.32. The Hall–Kier alpha value is 0.400. The maximum Gasteiger partial charge on any atom is 0.342 e. The molecule has 14 heavy (non-hydrogen) atoms. The molecule has 0 aliphatic rings. The van der Waals surface area contributed by atoms with Gasteiger partial charge >= 0.3 is 5.97 Å². The standard InChI is InChI=1S/C6H12O5S3/c1-3(5(8,9)10)2-11-4(7)6(12,13)14/h3,8-10,12-14H,2H2,1H3. The van der Waals surface area contributed by atoms with E-state index < -0.39 is 21.3 Å². The van der Waals surface area contributed by atoms with E-state index in [9.17, 15) is 4.79 Å². The van der Waals surface area contributed by atoms with E-state index in [1.54, 1.807) is 0 Å². The first-order chi connectivity index (χ1) is 6.05. The van der Waals surface area contributed by atoms with E-state index in [2.05, 4.69) is 42.6 Å². The molecule has 0 spiro atoms. The lowest BCUT2D eigenvalue weighted by atomic mass is 10.1. The zero-order valence-corrected chi connectivity index (χ0v) is 9.97. The van der Waals surface area contributed by atoms with Crippen molar-refractivity contribution in [2.24, 2.45) is 5.92 Å². The quantitative estimate of drug-likeness (QED) is 0.227. The van der Waals surface area contributed by atoms with Gasteiger partial charge in [0.1, 0.15) is 6.61 Å². The summed E-state index contributed by atoms with van der Waals surface area (Å²) in [7, 11) is 0. The molecular formula is C6H12O5S3. The predicted octanol–water partition coefficient (Wildman–Crippen LogP) is -0.760. The molecule has 0 aromatic heterocycles. The number of aliphatic hydroxyl groups is 3. The Kier molecular flexibility index (Phi) is 5.09. The maximum atomic E-state index is 11.0. The van der Waals surface area contributed by atoms with Gasteiger partial charge in [-0.2, -0.15) is 0 Å². The summed E-state index contributed by atoms with van der Waals surface area (Å²) in [6.07, 6.45) is 0. The van der Waals surface area contributed by atoms with E-state index in [0.29, 0.717) is 0 Å². The third-order valence-electron chi connectivity index (χ3n) is 1.40. The van der Waals surface area contributed by atoms with Crippen LogP contribution in [-0.2, 0) is 9.53 Å². The molecule has 0 rings (SSSR count). The summed E-state index contributed by atoms with van der Waals surface area (Å²) in [5, 5.41) is 26.0. The molecule has 0 saturated heterocycles. The van der Waals surface area contributed by atoms with E-state index in [-0.39, 0.29) is 6.61 Å². The molecule has 3 N–H and O–H groups in total. The van der Waals surface area contributed by atoms with E-state index in [0.717, 1.165) is 0 Å². The summed E-state index contributed by atoms with van der Waals surface area (Å²) in [6.45, 7) is 0.899. The van der Waals surface area contributed by atoms with Crippen LogP contribution in [0.1, 0.15) is 6.92 Å². The van der Waals surface area contributed by atoms with Crippen LogP contribution in [0.15, 0.2) is 0 Å². The van der Waals surface area contributed by atoms with Crippen LogP contribution in [0.2, 0.25) is 0 Å². The molecule has 1 unspecified atom stereocenters. The molecule has 0 saturated carbocycles. The summed E-state index contributed by atoms with van der Waals surface area (Å²) >= 11 is 11.1. The molecule has 0 bridgehead atoms. The highest BCUT2D eigenvalue weighted by atomic mass is 32.2. The second-order valence-corrected chi connectivity index (χ2v) is 5.89. The molecule has 0 radical (unpaired) electrons. The molecule has 0 aromatic rings. The largest absolute Gasteiger partial charge is 0.463 e. The number of hydrogen-bond donors (Lipinski definition) is 6. The Morgan fingerprint density at radius 1 is 1.36 bits per heavy atom. The Labute approximate surface area is 97.7 Å². The molecule has 0 fully saturated rings. The van der Waals surface area contributed by atoms with Crippen LogP contribution in [0, 0.1) is 5.92 Å². The Morgan fingerprint density at radius 2 is 1.79 bits per heavy atom. The van der Waals surface area contributed by atoms with Gasteiger partial charge in [0.25, 0.3) is 5.97 Å². The molecule has 0 heterocycles. The summed E-state index contributed by atoms with van der Waals surface area (Å²) in [5.41, 5.74) is 0. The minimum atomic E-state index is -2.88. The minimum absolute atomic E-state index is 0.383. The first kappa shape index (κ1) is 14.4. The van der Waals surface area contributed by atoms with Crippen molar-refractivity contribution >= 4 is 43.9 Å². The zero-order valence-electron chi connectivity index (χ0n) is 7.28. The van der Waals surface area contributed by atoms with Gasteiger partial charge in [-0.15, -0.1) is 37.9 Å². The van der Waals surface area contributed by atoms with E-state index in [4.69, 9.17) is 15.3 Å². The SMILES string of the molecule is CC(COC(=O)C(S)(S)S)C(O)(O)O. The third-order valence-corrected chi connectivity index (χ3v) is 1.95. The number of ether oxygens (including phenoxy) is 1. The van der Waals surface area contributed by atoms with Crippen molar-refractivity contribution in [3.05, 3.63) is 0 Å². The van der Waals surface area contributed by atoms with E-state index in [1.807, 2.05) is 0 Å². The molecule has 0 aliphatic carbocycles. The van der Waals surface area contributed by atoms with Crippen molar-refractivity contribution in [3.63, 3.8) is 0 Å². The number of rotatable bonds is 4. The van der Waals surface area contributed by atoms with Gasteiger partial charge < -0.3 is 20.1 Å². The van der Waals surface area contributed by atoms with Crippen LogP contribution in [-0.4, -0.2) is 37.3 Å². The average Bonchev–Trinajstić information content (AvgIpc) is 1.95. The Balaban J connectivity index is 4.03. The second-order valence-electron chi connectivity index (χ2n) is 2.82. The molecule has 0 amide bonds. The van der Waals surface area contributed by atoms with Gasteiger partial charge in [-0.25, -0.2) is 4.79 Å². The first-order valence-electron chi connectivity index (χ1n) is 3.56. The number of esters is 1. The highest BCUT2D eigenvalue weighted by Gasteiger charge is 2.32. The second kappa shape index (κ2) is 4.95. The fraction of sp³-hybridized carbons (Fsp3) is 0.833. The van der Waals surface area contributed by atoms with Crippen LogP contribution in [0.25, 0.3) is 0 Å². The van der Waals surface area contributed by atoms with Gasteiger partial charge in [0.05, 0.1) is 5.92 Å². The lowest BCUT2D eigenvalue weighted by molar-refractivity contribution is -0.342. The lowest BCUT2D eigenvalue weighted by Crippen LogP contribution is -2.39. The van der Waals surface area contributed by atoms with Gasteiger partial charge in [-0.3, -0.25) is 0 Å². The average molecular weight is 260 g/mol. The topological polar surface area (TPSA) is 87.0 Å². The number of carbonyl (C=O) groups excluding carboxylic acids is 1. The first-order valence-corrected chi connectivity index (χ1v) is 4.90. The molecule has 8 heteroatoms. The molecule has 84 valence electrons. The predicted molar refractivity (Wildman–Crippen MR) is 59.2 cm³/mol. The molecule has 1 atom stereocenters. The van der Waals surface area contributed by atoms with E-state index in [1.165, 1.54) is 6.92 Å². The fourth-order valence-electron chi connectivity index (χ4n) is 0.409. The lowest BCUT2D eigenvalue weighted by Gasteiger charge is -2.23. The van der Waals surface area contributed by atoms with Crippen LogP contribution in [0.5, 0.6) is 0 Å². The Bertz CT molecular complexity index is 206. The van der Waals surface area contributed by atoms with Gasteiger partial charge in [0.2, 0.25) is 0 Å². The Morgan fingerprint density at radius 3 is 2.07 bits per heavy atom. The van der Waals surface area contributed by atoms with Gasteiger partial charge in [0.15, 0.2) is 3.41 Å². The van der Waals surface area contributed by atoms with Crippen LogP contribution in [0.4, 0.5) is 0 Å². The zero-order chi connectivity index (χ0) is 11.6. The van der Waals surface area contributed by atoms with Gasteiger partial charge in [-0.05, 0) is 0 Å². The van der Waals surface area contributed by atoms with Crippen molar-refractivity contribution in [1.29, 1.82) is 0 Å². The van der Waals surface area contributed by atoms with Crippen LogP contribution < -0.4 is 0 Å². The molecule has 0 aromatic carbocycles. The smallest absolute Gasteiger partial charge is 0.342 e. The van der Waals surface area contributed by atoms with Crippen molar-refractivity contribution < 1.29 is 24.9 Å². The summed E-state index contributed by atoms with van der Waals surface area (Å²) in [4.78, 5) is 11.0. The summed E-state index contributed by atoms with van der Waals surface area (Å²) in [6, 6.07) is 0. The van der Waals surface area contributed by atoms with Crippen molar-refractivity contribution in [3.8, 4) is 0 Å². The van der Waals surface area contributed by atoms with Crippen molar-refractivity contribution in [1.82, 2.24) is 0 Å². The molecular weight excluding hydrogens is 248 g/mol. The molecule has 5 nitrogen and oxygen atoms in total. The van der Waals surface area contributed by atoms with Crippen molar-refractivity contribution in [2.75, 3.05) is 6.61 Å². The highest BCUT2D eigenvalue weighted by Crippen LogP contribution is 2.26. The summed E-state index contributed by atoms with van der Waals surface area (Å²) in [5.74, 6) is -4.79. The van der Waals surface area contributed by atoms with Gasteiger partial charge in [-0.1, -0.05) is 6.92 Å². The van der Waals surface area contributed by atoms with Crippen molar-refractivity contribution in [2.45, 2.75) is 16.3 Å². The number of thiol groups is 3. The highest BCUT2D eigenvalue weighted by molar-refractivity contribution is 8.18. The monoisotopic (exact) mass is 260 g/mol. The maximum absolute atomic E-state index is 11.0. The van der Waals surface area contributed by atoms with Gasteiger partial charge in [0, 0.05) is 0 Å². The fourth-order valence-corrected chi connectivity index (χ4v) is 0.603. The normalized spacial score (nSPS) is 15.1. The summed E-state index contributed by atoms with van der Waals surface area (Å²) < 4.78 is 2.99. The molecule has 0 aliphatic heterocycles. The van der Waals surface area contributed by atoms with Crippen LogP contribution >= 0.6 is 37.9 Å². The van der Waals surface area contributed by atoms with Crippen LogP contribution in [0.3, 0.4) is 0 Å². The van der Waals surface area contributed by atoms with E-state index >= 15 is 0 Å². The number of hydrogen-bond acceptors (Lipinski definition) is 8. The minimum Gasteiger partial charge on any atom is -0.463 e.